The van der Waals surface area contributed by atoms with Crippen LogP contribution in [0.15, 0.2) is 42.5 Å². The minimum atomic E-state index is -0.946. The fourth-order valence-electron chi connectivity index (χ4n) is 3.30. The van der Waals surface area contributed by atoms with Gasteiger partial charge in [-0.25, -0.2) is 4.85 Å². The number of ether oxygens (including phenoxy) is 1. The Hall–Kier alpha value is -2.99. The van der Waals surface area contributed by atoms with Crippen molar-refractivity contribution in [3.63, 3.8) is 0 Å². The molecule has 8 heteroatoms. The van der Waals surface area contributed by atoms with E-state index in [-0.39, 0.29) is 19.1 Å². The first-order valence-corrected chi connectivity index (χ1v) is 9.80. The Morgan fingerprint density at radius 2 is 1.83 bits per heavy atom. The number of thiocarbonyl (C=S) groups is 1. The van der Waals surface area contributed by atoms with Gasteiger partial charge in [0.05, 0.1) is 13.2 Å². The number of aryl methyl sites for hydroxylation is 1. The number of hydrogen-bond donors (Lipinski definition) is 2. The molecular formula is C22H23N3O4S. The van der Waals surface area contributed by atoms with E-state index in [9.17, 15) is 9.90 Å². The zero-order chi connectivity index (χ0) is 22.1. The van der Waals surface area contributed by atoms with Gasteiger partial charge in [-0.05, 0) is 75.0 Å². The summed E-state index contributed by atoms with van der Waals surface area (Å²) < 4.78 is 5.44. The molecule has 1 amide bonds. The summed E-state index contributed by atoms with van der Waals surface area (Å²) in [6, 6.07) is 12.2. The summed E-state index contributed by atoms with van der Waals surface area (Å²) in [7, 11) is 0. The molecule has 0 aromatic heterocycles. The van der Waals surface area contributed by atoms with E-state index in [0.717, 1.165) is 11.3 Å². The lowest BCUT2D eigenvalue weighted by molar-refractivity contribution is -0.120. The number of aliphatic hydroxyl groups excluding tert-OH is 2. The highest BCUT2D eigenvalue weighted by Gasteiger charge is 2.50. The molecule has 2 N–H and O–H groups in total. The third-order valence-electron chi connectivity index (χ3n) is 4.98. The molecular weight excluding hydrogens is 402 g/mol. The van der Waals surface area contributed by atoms with Crippen molar-refractivity contribution in [3.8, 4) is 5.75 Å². The van der Waals surface area contributed by atoms with Gasteiger partial charge in [0.1, 0.15) is 24.0 Å². The number of carbonyl (C=O) groups excluding carboxylic acids is 1. The SMILES string of the molecule is [C-]#[N+]c1ccc(N2C(=O)C(C)(C)N(c3ccc(OC[C@@H](O)CO)cc3)C2=S)cc1C. The summed E-state index contributed by atoms with van der Waals surface area (Å²) in [4.78, 5) is 20.0. The molecule has 156 valence electrons. The molecule has 30 heavy (non-hydrogen) atoms. The summed E-state index contributed by atoms with van der Waals surface area (Å²) in [5.74, 6) is 0.372. The van der Waals surface area contributed by atoms with E-state index in [1.54, 1.807) is 47.4 Å². The number of anilines is 2. The highest BCUT2D eigenvalue weighted by Crippen LogP contribution is 2.37. The summed E-state index contributed by atoms with van der Waals surface area (Å²) in [6.07, 6.45) is -0.946. The van der Waals surface area contributed by atoms with Crippen LogP contribution in [0.4, 0.5) is 17.1 Å². The maximum Gasteiger partial charge on any atom is 0.259 e. The number of nitrogens with zero attached hydrogens (tertiary/aromatic N) is 3. The number of aliphatic hydroxyl groups is 2. The van der Waals surface area contributed by atoms with Crippen LogP contribution in [0.3, 0.4) is 0 Å². The molecule has 1 saturated heterocycles. The molecule has 7 nitrogen and oxygen atoms in total. The van der Waals surface area contributed by atoms with Gasteiger partial charge in [-0.15, -0.1) is 0 Å². The van der Waals surface area contributed by atoms with Crippen LogP contribution in [-0.2, 0) is 4.79 Å². The molecule has 0 aliphatic carbocycles. The minimum absolute atomic E-state index is 0.0182. The number of carbonyl (C=O) groups is 1. The van der Waals surface area contributed by atoms with Crippen LogP contribution in [0.5, 0.6) is 5.75 Å². The summed E-state index contributed by atoms with van der Waals surface area (Å²) in [5, 5.41) is 18.6. The van der Waals surface area contributed by atoms with Crippen molar-refractivity contribution in [1.82, 2.24) is 0 Å². The second kappa shape index (κ2) is 8.40. The number of hydrogen-bond acceptors (Lipinski definition) is 5. The zero-order valence-electron chi connectivity index (χ0n) is 17.0. The van der Waals surface area contributed by atoms with Crippen LogP contribution < -0.4 is 14.5 Å². The number of benzene rings is 2. The minimum Gasteiger partial charge on any atom is -0.491 e. The molecule has 0 saturated carbocycles. The first-order valence-electron chi connectivity index (χ1n) is 9.39. The highest BCUT2D eigenvalue weighted by atomic mass is 32.1. The van der Waals surface area contributed by atoms with Crippen LogP contribution in [0.25, 0.3) is 4.85 Å². The summed E-state index contributed by atoms with van der Waals surface area (Å²) in [6.45, 7) is 12.3. The van der Waals surface area contributed by atoms with Gasteiger partial charge in [0, 0.05) is 11.4 Å². The average Bonchev–Trinajstić information content (AvgIpc) is 2.90. The molecule has 1 fully saturated rings. The van der Waals surface area contributed by atoms with E-state index in [1.165, 1.54) is 4.90 Å². The van der Waals surface area contributed by atoms with Crippen molar-refractivity contribution in [3.05, 3.63) is 59.4 Å². The molecule has 0 spiro atoms. The molecule has 0 unspecified atom stereocenters. The van der Waals surface area contributed by atoms with E-state index in [4.69, 9.17) is 28.6 Å². The van der Waals surface area contributed by atoms with Gasteiger partial charge in [-0.2, -0.15) is 0 Å². The van der Waals surface area contributed by atoms with E-state index in [1.807, 2.05) is 20.8 Å². The Morgan fingerprint density at radius 3 is 2.40 bits per heavy atom. The third kappa shape index (κ3) is 3.87. The summed E-state index contributed by atoms with van der Waals surface area (Å²) >= 11 is 5.67. The third-order valence-corrected chi connectivity index (χ3v) is 5.34. The zero-order valence-corrected chi connectivity index (χ0v) is 17.8. The Balaban J connectivity index is 1.89. The van der Waals surface area contributed by atoms with Crippen LogP contribution in [0.2, 0.25) is 0 Å². The lowest BCUT2D eigenvalue weighted by atomic mass is 10.0. The predicted octanol–water partition coefficient (Wildman–Crippen LogP) is 3.19. The van der Waals surface area contributed by atoms with Gasteiger partial charge in [0.2, 0.25) is 0 Å². The standard InChI is InChI=1S/C22H23N3O4S/c1-14-11-16(7-10-19(14)23-4)24-20(28)22(2,3)25(21(24)30)15-5-8-18(9-6-15)29-13-17(27)12-26/h5-11,17,26-27H,12-13H2,1-3H3/t17-/m0/s1. The highest BCUT2D eigenvalue weighted by molar-refractivity contribution is 7.81. The maximum absolute atomic E-state index is 13.2. The molecule has 1 aliphatic heterocycles. The maximum atomic E-state index is 13.2. The Bertz CT molecular complexity index is 1010. The lowest BCUT2D eigenvalue weighted by Crippen LogP contribution is -2.44. The number of rotatable bonds is 6. The van der Waals surface area contributed by atoms with Crippen molar-refractivity contribution >= 4 is 40.3 Å². The van der Waals surface area contributed by atoms with Crippen LogP contribution >= 0.6 is 12.2 Å². The molecule has 3 rings (SSSR count). The average molecular weight is 426 g/mol. The predicted molar refractivity (Wildman–Crippen MR) is 119 cm³/mol. The molecule has 0 radical (unpaired) electrons. The van der Waals surface area contributed by atoms with Gasteiger partial charge >= 0.3 is 0 Å². The molecule has 1 heterocycles. The first-order chi connectivity index (χ1) is 14.2. The normalized spacial score (nSPS) is 16.5. The second-order valence-electron chi connectivity index (χ2n) is 7.54. The Kier molecular flexibility index (Phi) is 6.08. The van der Waals surface area contributed by atoms with Crippen molar-refractivity contribution in [2.75, 3.05) is 23.0 Å². The van der Waals surface area contributed by atoms with Gasteiger partial charge in [0.25, 0.3) is 5.91 Å². The van der Waals surface area contributed by atoms with Crippen LogP contribution in [0.1, 0.15) is 19.4 Å². The molecule has 2 aromatic rings. The van der Waals surface area contributed by atoms with Gasteiger partial charge in [-0.1, -0.05) is 6.07 Å². The molecule has 2 aromatic carbocycles. The van der Waals surface area contributed by atoms with Crippen molar-refractivity contribution in [2.24, 2.45) is 0 Å². The van der Waals surface area contributed by atoms with Crippen LogP contribution in [-0.4, -0.2) is 46.1 Å². The smallest absolute Gasteiger partial charge is 0.259 e. The first kappa shape index (κ1) is 21.7. The van der Waals surface area contributed by atoms with Gasteiger partial charge in [0.15, 0.2) is 10.8 Å². The molecule has 0 bridgehead atoms. The lowest BCUT2D eigenvalue weighted by Gasteiger charge is -2.29. The molecule has 1 aliphatic rings. The van der Waals surface area contributed by atoms with Gasteiger partial charge < -0.3 is 19.8 Å². The van der Waals surface area contributed by atoms with E-state index in [0.29, 0.717) is 22.2 Å². The quantitative estimate of drug-likeness (QED) is 0.547. The van der Waals surface area contributed by atoms with Crippen molar-refractivity contribution < 1.29 is 19.7 Å². The van der Waals surface area contributed by atoms with E-state index < -0.39 is 11.6 Å². The Labute approximate surface area is 180 Å². The van der Waals surface area contributed by atoms with Crippen LogP contribution in [0, 0.1) is 13.5 Å². The topological polar surface area (TPSA) is 77.6 Å². The van der Waals surface area contributed by atoms with E-state index in [2.05, 4.69) is 4.85 Å². The van der Waals surface area contributed by atoms with Gasteiger partial charge in [-0.3, -0.25) is 9.69 Å². The second-order valence-corrected chi connectivity index (χ2v) is 7.91. The fourth-order valence-corrected chi connectivity index (χ4v) is 3.82. The fraction of sp³-hybridized carbons (Fsp3) is 0.318. The largest absolute Gasteiger partial charge is 0.491 e. The van der Waals surface area contributed by atoms with E-state index >= 15 is 0 Å². The summed E-state index contributed by atoms with van der Waals surface area (Å²) in [5.41, 5.74) is 1.77. The Morgan fingerprint density at radius 1 is 1.20 bits per heavy atom. The van der Waals surface area contributed by atoms with Crippen molar-refractivity contribution in [1.29, 1.82) is 0 Å². The monoisotopic (exact) mass is 425 g/mol. The van der Waals surface area contributed by atoms with Crippen molar-refractivity contribution in [2.45, 2.75) is 32.4 Å². The number of amides is 1. The molecule has 1 atom stereocenters.